The second-order valence-electron chi connectivity index (χ2n) is 4.54. The largest absolute Gasteiger partial charge is 0.492 e. The van der Waals surface area contributed by atoms with Gasteiger partial charge in [0, 0.05) is 12.3 Å². The first kappa shape index (κ1) is 14.8. The molecule has 1 atom stereocenters. The molecule has 1 aromatic heterocycles. The van der Waals surface area contributed by atoms with Crippen LogP contribution in [-0.2, 0) is 4.79 Å². The second-order valence-corrected chi connectivity index (χ2v) is 4.54. The number of rotatable bonds is 5. The van der Waals surface area contributed by atoms with Crippen molar-refractivity contribution in [3.8, 4) is 5.75 Å². The Hall–Kier alpha value is -2.56. The fourth-order valence-corrected chi connectivity index (χ4v) is 1.97. The van der Waals surface area contributed by atoms with Gasteiger partial charge in [-0.05, 0) is 32.0 Å². The summed E-state index contributed by atoms with van der Waals surface area (Å²) in [7, 11) is 0. The lowest BCUT2D eigenvalue weighted by atomic mass is 10.2. The van der Waals surface area contributed by atoms with E-state index < -0.39 is 6.04 Å². The lowest BCUT2D eigenvalue weighted by Gasteiger charge is -2.16. The van der Waals surface area contributed by atoms with E-state index in [9.17, 15) is 9.59 Å². The Morgan fingerprint density at radius 1 is 1.24 bits per heavy atom. The molecule has 1 N–H and O–H groups in total. The lowest BCUT2D eigenvalue weighted by Crippen LogP contribution is -2.30. The monoisotopic (exact) mass is 286 g/mol. The summed E-state index contributed by atoms with van der Waals surface area (Å²) < 4.78 is 6.85. The molecule has 110 valence electrons. The number of carbonyl (C=O) groups is 1. The molecule has 0 saturated carbocycles. The van der Waals surface area contributed by atoms with E-state index in [2.05, 4.69) is 5.32 Å². The van der Waals surface area contributed by atoms with Gasteiger partial charge in [0.1, 0.15) is 11.8 Å². The zero-order chi connectivity index (χ0) is 15.2. The van der Waals surface area contributed by atoms with Crippen molar-refractivity contribution < 1.29 is 9.53 Å². The van der Waals surface area contributed by atoms with Crippen LogP contribution in [0.3, 0.4) is 0 Å². The molecular formula is C16H18N2O3. The average Bonchev–Trinajstić information content (AvgIpc) is 2.49. The van der Waals surface area contributed by atoms with Crippen molar-refractivity contribution in [2.24, 2.45) is 0 Å². The van der Waals surface area contributed by atoms with Crippen molar-refractivity contribution in [1.29, 1.82) is 0 Å². The van der Waals surface area contributed by atoms with E-state index in [0.717, 1.165) is 0 Å². The highest BCUT2D eigenvalue weighted by Crippen LogP contribution is 2.24. The molecule has 0 aliphatic heterocycles. The predicted octanol–water partition coefficient (Wildman–Crippen LogP) is 2.45. The molecule has 0 aliphatic carbocycles. The number of para-hydroxylation sites is 2. The van der Waals surface area contributed by atoms with Gasteiger partial charge >= 0.3 is 0 Å². The summed E-state index contributed by atoms with van der Waals surface area (Å²) in [5, 5.41) is 2.80. The molecular weight excluding hydrogens is 268 g/mol. The SMILES string of the molecule is CCOc1ccccc1NC(=O)C(C)n1ccccc1=O. The maximum Gasteiger partial charge on any atom is 0.251 e. The fraction of sp³-hybridized carbons (Fsp3) is 0.250. The molecule has 5 heteroatoms. The third-order valence-corrected chi connectivity index (χ3v) is 3.09. The summed E-state index contributed by atoms with van der Waals surface area (Å²) in [6.45, 7) is 4.07. The Kier molecular flexibility index (Phi) is 4.77. The molecule has 2 rings (SSSR count). The minimum Gasteiger partial charge on any atom is -0.492 e. The minimum atomic E-state index is -0.603. The summed E-state index contributed by atoms with van der Waals surface area (Å²) in [6, 6.07) is 11.4. The number of nitrogens with one attached hydrogen (secondary N) is 1. The van der Waals surface area contributed by atoms with Crippen molar-refractivity contribution in [3.05, 3.63) is 59.0 Å². The maximum absolute atomic E-state index is 12.3. The summed E-state index contributed by atoms with van der Waals surface area (Å²) >= 11 is 0. The molecule has 0 spiro atoms. The average molecular weight is 286 g/mol. The highest BCUT2D eigenvalue weighted by molar-refractivity contribution is 5.94. The molecule has 0 bridgehead atoms. The van der Waals surface area contributed by atoms with Crippen LogP contribution in [-0.4, -0.2) is 17.1 Å². The smallest absolute Gasteiger partial charge is 0.251 e. The van der Waals surface area contributed by atoms with E-state index in [4.69, 9.17) is 4.74 Å². The Morgan fingerprint density at radius 3 is 2.67 bits per heavy atom. The van der Waals surface area contributed by atoms with Gasteiger partial charge in [-0.3, -0.25) is 9.59 Å². The molecule has 1 heterocycles. The number of aromatic nitrogens is 1. The summed E-state index contributed by atoms with van der Waals surface area (Å²) in [6.07, 6.45) is 1.60. The number of amides is 1. The normalized spacial score (nSPS) is 11.7. The summed E-state index contributed by atoms with van der Waals surface area (Å²) in [4.78, 5) is 24.0. The van der Waals surface area contributed by atoms with E-state index in [1.165, 1.54) is 10.6 Å². The Labute approximate surface area is 123 Å². The van der Waals surface area contributed by atoms with Crippen molar-refractivity contribution in [2.45, 2.75) is 19.9 Å². The topological polar surface area (TPSA) is 60.3 Å². The van der Waals surface area contributed by atoms with Gasteiger partial charge in [0.25, 0.3) is 5.56 Å². The molecule has 0 fully saturated rings. The van der Waals surface area contributed by atoms with E-state index in [1.807, 2.05) is 19.1 Å². The van der Waals surface area contributed by atoms with Crippen LogP contribution in [0.25, 0.3) is 0 Å². The van der Waals surface area contributed by atoms with Gasteiger partial charge in [-0.2, -0.15) is 0 Å². The van der Waals surface area contributed by atoms with E-state index in [1.54, 1.807) is 37.4 Å². The number of hydrogen-bond donors (Lipinski definition) is 1. The van der Waals surface area contributed by atoms with Crippen molar-refractivity contribution in [2.75, 3.05) is 11.9 Å². The van der Waals surface area contributed by atoms with Crippen LogP contribution in [0.15, 0.2) is 53.5 Å². The zero-order valence-electron chi connectivity index (χ0n) is 12.1. The van der Waals surface area contributed by atoms with E-state index in [-0.39, 0.29) is 11.5 Å². The van der Waals surface area contributed by atoms with Crippen LogP contribution in [0.5, 0.6) is 5.75 Å². The van der Waals surface area contributed by atoms with Gasteiger partial charge in [0.2, 0.25) is 5.91 Å². The number of benzene rings is 1. The zero-order valence-corrected chi connectivity index (χ0v) is 12.1. The number of nitrogens with zero attached hydrogens (tertiary/aromatic N) is 1. The van der Waals surface area contributed by atoms with Gasteiger partial charge in [-0.15, -0.1) is 0 Å². The minimum absolute atomic E-state index is 0.210. The third kappa shape index (κ3) is 3.51. The standard InChI is InChI=1S/C16H18N2O3/c1-3-21-14-9-5-4-8-13(14)17-16(20)12(2)18-11-7-6-10-15(18)19/h4-12H,3H2,1-2H3,(H,17,20). The van der Waals surface area contributed by atoms with E-state index >= 15 is 0 Å². The molecule has 21 heavy (non-hydrogen) atoms. The van der Waals surface area contributed by atoms with Crippen molar-refractivity contribution in [1.82, 2.24) is 4.57 Å². The molecule has 5 nitrogen and oxygen atoms in total. The maximum atomic E-state index is 12.3. The number of carbonyl (C=O) groups excluding carboxylic acids is 1. The number of anilines is 1. The Balaban J connectivity index is 2.19. The Bertz CT molecular complexity index is 679. The molecule has 1 amide bonds. The van der Waals surface area contributed by atoms with Gasteiger partial charge in [-0.1, -0.05) is 18.2 Å². The van der Waals surface area contributed by atoms with Crippen LogP contribution in [0.4, 0.5) is 5.69 Å². The first-order chi connectivity index (χ1) is 10.1. The van der Waals surface area contributed by atoms with Crippen LogP contribution in [0, 0.1) is 0 Å². The lowest BCUT2D eigenvalue weighted by molar-refractivity contribution is -0.118. The van der Waals surface area contributed by atoms with Crippen LogP contribution in [0.1, 0.15) is 19.9 Å². The summed E-state index contributed by atoms with van der Waals surface area (Å²) in [5.41, 5.74) is 0.387. The molecule has 0 aliphatic rings. The van der Waals surface area contributed by atoms with Crippen LogP contribution in [0.2, 0.25) is 0 Å². The van der Waals surface area contributed by atoms with Gasteiger partial charge < -0.3 is 14.6 Å². The second kappa shape index (κ2) is 6.74. The molecule has 2 aromatic rings. The highest BCUT2D eigenvalue weighted by Gasteiger charge is 2.17. The van der Waals surface area contributed by atoms with Crippen molar-refractivity contribution >= 4 is 11.6 Å². The number of pyridine rings is 1. The Morgan fingerprint density at radius 2 is 1.95 bits per heavy atom. The van der Waals surface area contributed by atoms with Gasteiger partial charge in [-0.25, -0.2) is 0 Å². The van der Waals surface area contributed by atoms with Gasteiger partial charge in [0.05, 0.1) is 12.3 Å². The first-order valence-corrected chi connectivity index (χ1v) is 6.83. The predicted molar refractivity (Wildman–Crippen MR) is 81.7 cm³/mol. The molecule has 0 radical (unpaired) electrons. The summed E-state index contributed by atoms with van der Waals surface area (Å²) in [5.74, 6) is 0.344. The highest BCUT2D eigenvalue weighted by atomic mass is 16.5. The fourth-order valence-electron chi connectivity index (χ4n) is 1.97. The quantitative estimate of drug-likeness (QED) is 0.918. The number of ether oxygens (including phenoxy) is 1. The van der Waals surface area contributed by atoms with Crippen LogP contribution < -0.4 is 15.6 Å². The molecule has 1 aromatic carbocycles. The molecule has 1 unspecified atom stereocenters. The van der Waals surface area contributed by atoms with Gasteiger partial charge in [0.15, 0.2) is 0 Å². The number of hydrogen-bond acceptors (Lipinski definition) is 3. The van der Waals surface area contributed by atoms with Crippen molar-refractivity contribution in [3.63, 3.8) is 0 Å². The van der Waals surface area contributed by atoms with Crippen LogP contribution >= 0.6 is 0 Å². The first-order valence-electron chi connectivity index (χ1n) is 6.83. The van der Waals surface area contributed by atoms with E-state index in [0.29, 0.717) is 18.0 Å². The molecule has 0 saturated heterocycles. The third-order valence-electron chi connectivity index (χ3n) is 3.09.